The van der Waals surface area contributed by atoms with Gasteiger partial charge in [-0.3, -0.25) is 9.59 Å². The number of hydrogen-bond acceptors (Lipinski definition) is 3. The summed E-state index contributed by atoms with van der Waals surface area (Å²) in [5.74, 6) is -0.846. The fourth-order valence-corrected chi connectivity index (χ4v) is 1.59. The monoisotopic (exact) mass is 287 g/mol. The van der Waals surface area contributed by atoms with Crippen molar-refractivity contribution in [3.63, 3.8) is 0 Å². The maximum Gasteiger partial charge on any atom is 0.314 e. The number of unbranched alkanes of at least 4 members (excludes halogenated alkanes) is 3. The third kappa shape index (κ3) is 12.7. The Balaban J connectivity index is 3.32. The molecule has 20 heavy (non-hydrogen) atoms. The number of rotatable bonds is 11. The SMILES string of the molecule is CCNC(=O)CCNC(=O)NCCCCCCC(=O)O. The highest BCUT2D eigenvalue weighted by Gasteiger charge is 2.02. The first-order valence-corrected chi connectivity index (χ1v) is 7.06. The van der Waals surface area contributed by atoms with Crippen molar-refractivity contribution in [1.82, 2.24) is 16.0 Å². The molecule has 0 rings (SSSR count). The lowest BCUT2D eigenvalue weighted by atomic mass is 10.1. The molecule has 0 aromatic carbocycles. The van der Waals surface area contributed by atoms with Gasteiger partial charge in [0.05, 0.1) is 0 Å². The third-order valence-electron chi connectivity index (χ3n) is 2.61. The fraction of sp³-hybridized carbons (Fsp3) is 0.769. The van der Waals surface area contributed by atoms with E-state index in [0.717, 1.165) is 19.3 Å². The molecule has 3 amide bonds. The second kappa shape index (κ2) is 12.3. The Bertz CT molecular complexity index is 308. The van der Waals surface area contributed by atoms with E-state index in [2.05, 4.69) is 16.0 Å². The third-order valence-corrected chi connectivity index (χ3v) is 2.61. The molecule has 0 aliphatic heterocycles. The second-order valence-corrected chi connectivity index (χ2v) is 4.44. The molecule has 4 N–H and O–H groups in total. The van der Waals surface area contributed by atoms with Crippen molar-refractivity contribution in [2.45, 2.75) is 45.4 Å². The number of hydrogen-bond donors (Lipinski definition) is 4. The van der Waals surface area contributed by atoms with E-state index in [0.29, 0.717) is 26.1 Å². The van der Waals surface area contributed by atoms with E-state index in [-0.39, 0.29) is 24.8 Å². The molecule has 0 aliphatic rings. The Morgan fingerprint density at radius 1 is 0.850 bits per heavy atom. The van der Waals surface area contributed by atoms with Crippen molar-refractivity contribution < 1.29 is 19.5 Å². The fourth-order valence-electron chi connectivity index (χ4n) is 1.59. The van der Waals surface area contributed by atoms with Crippen molar-refractivity contribution in [3.8, 4) is 0 Å². The molecule has 0 heterocycles. The molecule has 0 atom stereocenters. The van der Waals surface area contributed by atoms with Crippen LogP contribution in [0.5, 0.6) is 0 Å². The summed E-state index contributed by atoms with van der Waals surface area (Å²) in [5.41, 5.74) is 0. The number of nitrogens with one attached hydrogen (secondary N) is 3. The van der Waals surface area contributed by atoms with Crippen molar-refractivity contribution in [2.75, 3.05) is 19.6 Å². The van der Waals surface area contributed by atoms with Crippen LogP contribution in [0.15, 0.2) is 0 Å². The first kappa shape index (κ1) is 18.2. The zero-order valence-corrected chi connectivity index (χ0v) is 12.0. The molecule has 7 nitrogen and oxygen atoms in total. The molecule has 0 aliphatic carbocycles. The average Bonchev–Trinajstić information content (AvgIpc) is 2.37. The van der Waals surface area contributed by atoms with Crippen molar-refractivity contribution in [2.24, 2.45) is 0 Å². The molecule has 0 spiro atoms. The van der Waals surface area contributed by atoms with E-state index in [4.69, 9.17) is 5.11 Å². The number of carbonyl (C=O) groups is 3. The van der Waals surface area contributed by atoms with Gasteiger partial charge in [0, 0.05) is 32.5 Å². The highest BCUT2D eigenvalue weighted by molar-refractivity contribution is 5.78. The van der Waals surface area contributed by atoms with Gasteiger partial charge in [-0.05, 0) is 19.8 Å². The summed E-state index contributed by atoms with van der Waals surface area (Å²) in [6.45, 7) is 3.30. The number of amides is 3. The van der Waals surface area contributed by atoms with E-state index in [9.17, 15) is 14.4 Å². The Morgan fingerprint density at radius 2 is 1.50 bits per heavy atom. The molecule has 0 saturated heterocycles. The van der Waals surface area contributed by atoms with Gasteiger partial charge in [-0.2, -0.15) is 0 Å². The number of urea groups is 1. The van der Waals surface area contributed by atoms with E-state index in [1.54, 1.807) is 0 Å². The molecular formula is C13H25N3O4. The Kier molecular flexibility index (Phi) is 11.2. The lowest BCUT2D eigenvalue weighted by molar-refractivity contribution is -0.137. The molecule has 0 aromatic heterocycles. The van der Waals surface area contributed by atoms with Crippen LogP contribution in [-0.4, -0.2) is 42.6 Å². The van der Waals surface area contributed by atoms with Crippen LogP contribution in [0, 0.1) is 0 Å². The van der Waals surface area contributed by atoms with Crippen LogP contribution in [0.2, 0.25) is 0 Å². The average molecular weight is 287 g/mol. The first-order chi connectivity index (χ1) is 9.56. The van der Waals surface area contributed by atoms with Crippen LogP contribution in [-0.2, 0) is 9.59 Å². The van der Waals surface area contributed by atoms with Gasteiger partial charge in [-0.15, -0.1) is 0 Å². The molecule has 0 radical (unpaired) electrons. The summed E-state index contributed by atoms with van der Waals surface area (Å²) < 4.78 is 0. The molecule has 0 aromatic rings. The first-order valence-electron chi connectivity index (χ1n) is 7.06. The smallest absolute Gasteiger partial charge is 0.314 e. The topological polar surface area (TPSA) is 108 Å². The summed E-state index contributed by atoms with van der Waals surface area (Å²) in [6.07, 6.45) is 3.72. The van der Waals surface area contributed by atoms with Crippen LogP contribution in [0.25, 0.3) is 0 Å². The maximum absolute atomic E-state index is 11.3. The molecule has 7 heteroatoms. The van der Waals surface area contributed by atoms with Crippen LogP contribution < -0.4 is 16.0 Å². The van der Waals surface area contributed by atoms with E-state index < -0.39 is 5.97 Å². The number of carbonyl (C=O) groups excluding carboxylic acids is 2. The van der Waals surface area contributed by atoms with Gasteiger partial charge < -0.3 is 21.1 Å². The van der Waals surface area contributed by atoms with Gasteiger partial charge in [0.25, 0.3) is 0 Å². The van der Waals surface area contributed by atoms with E-state index in [1.165, 1.54) is 0 Å². The predicted molar refractivity (Wildman–Crippen MR) is 75.4 cm³/mol. The van der Waals surface area contributed by atoms with E-state index >= 15 is 0 Å². The summed E-state index contributed by atoms with van der Waals surface area (Å²) in [5, 5.41) is 16.4. The Labute approximate surface area is 119 Å². The van der Waals surface area contributed by atoms with Crippen molar-refractivity contribution >= 4 is 17.9 Å². The van der Waals surface area contributed by atoms with Gasteiger partial charge in [-0.1, -0.05) is 12.8 Å². The molecule has 0 unspecified atom stereocenters. The van der Waals surface area contributed by atoms with Crippen molar-refractivity contribution in [3.05, 3.63) is 0 Å². The predicted octanol–water partition coefficient (Wildman–Crippen LogP) is 0.847. The zero-order chi connectivity index (χ0) is 15.2. The standard InChI is InChI=1S/C13H25N3O4/c1-2-14-11(17)8-10-16-13(20)15-9-6-4-3-5-7-12(18)19/h2-10H2,1H3,(H,14,17)(H,18,19)(H2,15,16,20). The van der Waals surface area contributed by atoms with Crippen LogP contribution in [0.4, 0.5) is 4.79 Å². The largest absolute Gasteiger partial charge is 0.481 e. The van der Waals surface area contributed by atoms with Crippen molar-refractivity contribution in [1.29, 1.82) is 0 Å². The summed E-state index contributed by atoms with van der Waals surface area (Å²) in [7, 11) is 0. The Hall–Kier alpha value is -1.79. The molecular weight excluding hydrogens is 262 g/mol. The van der Waals surface area contributed by atoms with Crippen LogP contribution in [0.1, 0.15) is 45.4 Å². The second-order valence-electron chi connectivity index (χ2n) is 4.44. The van der Waals surface area contributed by atoms with Gasteiger partial charge in [0.1, 0.15) is 0 Å². The van der Waals surface area contributed by atoms with E-state index in [1.807, 2.05) is 6.92 Å². The molecule has 116 valence electrons. The highest BCUT2D eigenvalue weighted by Crippen LogP contribution is 2.01. The molecule has 0 bridgehead atoms. The minimum atomic E-state index is -0.769. The van der Waals surface area contributed by atoms with Gasteiger partial charge in [0.15, 0.2) is 0 Å². The minimum absolute atomic E-state index is 0.0776. The highest BCUT2D eigenvalue weighted by atomic mass is 16.4. The normalized spacial score (nSPS) is 9.85. The summed E-state index contributed by atoms with van der Waals surface area (Å²) >= 11 is 0. The number of carboxylic acid groups (broad SMARTS) is 1. The summed E-state index contributed by atoms with van der Waals surface area (Å²) in [6, 6.07) is -0.278. The number of aliphatic carboxylic acids is 1. The van der Waals surface area contributed by atoms with Crippen LogP contribution in [0.3, 0.4) is 0 Å². The minimum Gasteiger partial charge on any atom is -0.481 e. The number of carboxylic acids is 1. The molecule has 0 saturated carbocycles. The lowest BCUT2D eigenvalue weighted by Gasteiger charge is -2.07. The van der Waals surface area contributed by atoms with Gasteiger partial charge in [-0.25, -0.2) is 4.79 Å². The van der Waals surface area contributed by atoms with Crippen LogP contribution >= 0.6 is 0 Å². The lowest BCUT2D eigenvalue weighted by Crippen LogP contribution is -2.38. The zero-order valence-electron chi connectivity index (χ0n) is 12.0. The van der Waals surface area contributed by atoms with Gasteiger partial charge in [0.2, 0.25) is 5.91 Å². The molecule has 0 fully saturated rings. The summed E-state index contributed by atoms with van der Waals surface area (Å²) in [4.78, 5) is 32.7. The maximum atomic E-state index is 11.3. The Morgan fingerprint density at radius 3 is 2.15 bits per heavy atom. The quantitative estimate of drug-likeness (QED) is 0.422. The van der Waals surface area contributed by atoms with Gasteiger partial charge >= 0.3 is 12.0 Å².